The zero-order valence-electron chi connectivity index (χ0n) is 11.3. The number of nitrogens with one attached hydrogen (secondary N) is 1. The van der Waals surface area contributed by atoms with E-state index in [9.17, 15) is 4.79 Å². The van der Waals surface area contributed by atoms with Gasteiger partial charge < -0.3 is 4.42 Å². The molecule has 0 saturated heterocycles. The minimum Gasteiger partial charge on any atom is -0.425 e. The minimum atomic E-state index is -0.233. The molecule has 0 bridgehead atoms. The molecule has 0 atom stereocenters. The molecule has 108 valence electrons. The van der Waals surface area contributed by atoms with Gasteiger partial charge in [-0.25, -0.2) is 9.89 Å². The van der Waals surface area contributed by atoms with Gasteiger partial charge in [-0.2, -0.15) is 0 Å². The highest BCUT2D eigenvalue weighted by Gasteiger charge is 2.11. The molecule has 21 heavy (non-hydrogen) atoms. The lowest BCUT2D eigenvalue weighted by atomic mass is 10.2. The molecule has 0 unspecified atom stereocenters. The lowest BCUT2D eigenvalue weighted by Crippen LogP contribution is -2.18. The quantitative estimate of drug-likeness (QED) is 0.720. The van der Waals surface area contributed by atoms with E-state index in [2.05, 4.69) is 20.4 Å². The predicted octanol–water partition coefficient (Wildman–Crippen LogP) is 1.60. The Morgan fingerprint density at radius 1 is 1.29 bits per heavy atom. The van der Waals surface area contributed by atoms with Crippen LogP contribution in [-0.4, -0.2) is 25.0 Å². The van der Waals surface area contributed by atoms with Crippen molar-refractivity contribution in [1.29, 1.82) is 0 Å². The number of H-pyrrole nitrogens is 1. The summed E-state index contributed by atoms with van der Waals surface area (Å²) in [6.07, 6.45) is 0. The molecule has 2 heterocycles. The van der Waals surface area contributed by atoms with Crippen molar-refractivity contribution in [3.05, 3.63) is 58.2 Å². The average Bonchev–Trinajstić information content (AvgIpc) is 3.06. The molecular weight excluding hydrogens is 290 g/mol. The molecule has 0 fully saturated rings. The Hall–Kier alpha value is -2.35. The standard InChI is InChI=1S/C13H13N5O2S/c1-9-14-15-11(20-9)8-21-13-17-16-12(19)18(13)7-10-5-3-2-4-6-10/h2-6H,7-8H2,1H3,(H,16,19). The van der Waals surface area contributed by atoms with Crippen LogP contribution in [0.25, 0.3) is 0 Å². The van der Waals surface area contributed by atoms with Gasteiger partial charge in [0.1, 0.15) is 0 Å². The van der Waals surface area contributed by atoms with E-state index in [0.29, 0.717) is 29.2 Å². The average molecular weight is 303 g/mol. The second-order valence-electron chi connectivity index (χ2n) is 4.39. The molecule has 3 rings (SSSR count). The molecule has 0 aliphatic rings. The van der Waals surface area contributed by atoms with E-state index >= 15 is 0 Å². The van der Waals surface area contributed by atoms with Crippen molar-refractivity contribution >= 4 is 11.8 Å². The van der Waals surface area contributed by atoms with Crippen LogP contribution in [-0.2, 0) is 12.3 Å². The first-order valence-corrected chi connectivity index (χ1v) is 7.32. The van der Waals surface area contributed by atoms with Crippen LogP contribution in [0, 0.1) is 6.92 Å². The van der Waals surface area contributed by atoms with Crippen molar-refractivity contribution in [3.63, 3.8) is 0 Å². The van der Waals surface area contributed by atoms with Gasteiger partial charge in [0.25, 0.3) is 0 Å². The number of aryl methyl sites for hydroxylation is 1. The molecule has 0 radical (unpaired) electrons. The molecule has 1 N–H and O–H groups in total. The Balaban J connectivity index is 1.75. The van der Waals surface area contributed by atoms with Gasteiger partial charge in [-0.1, -0.05) is 42.1 Å². The van der Waals surface area contributed by atoms with Crippen molar-refractivity contribution in [2.75, 3.05) is 0 Å². The van der Waals surface area contributed by atoms with Crippen LogP contribution in [0.2, 0.25) is 0 Å². The minimum absolute atomic E-state index is 0.233. The topological polar surface area (TPSA) is 89.6 Å². The van der Waals surface area contributed by atoms with Crippen molar-refractivity contribution < 1.29 is 4.42 Å². The maximum Gasteiger partial charge on any atom is 0.344 e. The largest absolute Gasteiger partial charge is 0.425 e. The summed E-state index contributed by atoms with van der Waals surface area (Å²) < 4.78 is 6.89. The smallest absolute Gasteiger partial charge is 0.344 e. The van der Waals surface area contributed by atoms with E-state index < -0.39 is 0 Å². The van der Waals surface area contributed by atoms with Crippen molar-refractivity contribution in [2.24, 2.45) is 0 Å². The Bertz CT molecular complexity index is 777. The summed E-state index contributed by atoms with van der Waals surface area (Å²) in [5, 5.41) is 14.8. The summed E-state index contributed by atoms with van der Waals surface area (Å²) in [7, 11) is 0. The predicted molar refractivity (Wildman–Crippen MR) is 77.0 cm³/mol. The molecule has 0 aliphatic carbocycles. The number of rotatable bonds is 5. The summed E-state index contributed by atoms with van der Waals surface area (Å²) >= 11 is 1.38. The van der Waals surface area contributed by atoms with Gasteiger partial charge in [0.05, 0.1) is 12.3 Å². The van der Waals surface area contributed by atoms with E-state index in [1.807, 2.05) is 30.3 Å². The molecular formula is C13H13N5O2S. The zero-order valence-corrected chi connectivity index (χ0v) is 12.1. The van der Waals surface area contributed by atoms with Crippen LogP contribution in [0.5, 0.6) is 0 Å². The van der Waals surface area contributed by atoms with Crippen molar-refractivity contribution in [1.82, 2.24) is 25.0 Å². The number of benzene rings is 1. The van der Waals surface area contributed by atoms with Crippen molar-refractivity contribution in [2.45, 2.75) is 24.4 Å². The van der Waals surface area contributed by atoms with E-state index in [-0.39, 0.29) is 5.69 Å². The van der Waals surface area contributed by atoms with Crippen LogP contribution < -0.4 is 5.69 Å². The molecule has 0 saturated carbocycles. The summed E-state index contributed by atoms with van der Waals surface area (Å²) in [6, 6.07) is 9.75. The van der Waals surface area contributed by atoms with Crippen LogP contribution in [0.15, 0.2) is 44.7 Å². The van der Waals surface area contributed by atoms with Crippen LogP contribution in [0.4, 0.5) is 0 Å². The Morgan fingerprint density at radius 3 is 2.81 bits per heavy atom. The lowest BCUT2D eigenvalue weighted by Gasteiger charge is -2.04. The SMILES string of the molecule is Cc1nnc(CSc2n[nH]c(=O)n2Cc2ccccc2)o1. The van der Waals surface area contributed by atoms with Crippen LogP contribution in [0.1, 0.15) is 17.3 Å². The summed E-state index contributed by atoms with van der Waals surface area (Å²) in [6.45, 7) is 2.21. The van der Waals surface area contributed by atoms with Gasteiger partial charge in [-0.3, -0.25) is 4.57 Å². The van der Waals surface area contributed by atoms with E-state index in [4.69, 9.17) is 4.42 Å². The molecule has 0 spiro atoms. The first-order valence-electron chi connectivity index (χ1n) is 6.33. The Kier molecular flexibility index (Phi) is 3.87. The second kappa shape index (κ2) is 5.96. The highest BCUT2D eigenvalue weighted by molar-refractivity contribution is 7.98. The molecule has 8 heteroatoms. The van der Waals surface area contributed by atoms with Gasteiger partial charge in [0.15, 0.2) is 5.16 Å². The maximum absolute atomic E-state index is 11.8. The monoisotopic (exact) mass is 303 g/mol. The normalized spacial score (nSPS) is 10.9. The van der Waals surface area contributed by atoms with Gasteiger partial charge >= 0.3 is 5.69 Å². The number of hydrogen-bond acceptors (Lipinski definition) is 6. The highest BCUT2D eigenvalue weighted by Crippen LogP contribution is 2.19. The van der Waals surface area contributed by atoms with Crippen LogP contribution in [0.3, 0.4) is 0 Å². The number of hydrogen-bond donors (Lipinski definition) is 1. The first-order chi connectivity index (χ1) is 10.2. The molecule has 0 aliphatic heterocycles. The van der Waals surface area contributed by atoms with Gasteiger partial charge in [0, 0.05) is 6.92 Å². The number of thioether (sulfide) groups is 1. The Labute approximate surface area is 124 Å². The molecule has 7 nitrogen and oxygen atoms in total. The third kappa shape index (κ3) is 3.22. The van der Waals surface area contributed by atoms with E-state index in [1.165, 1.54) is 11.8 Å². The fourth-order valence-corrected chi connectivity index (χ4v) is 2.62. The summed E-state index contributed by atoms with van der Waals surface area (Å²) in [5.41, 5.74) is 0.805. The molecule has 3 aromatic rings. The number of nitrogens with zero attached hydrogens (tertiary/aromatic N) is 4. The van der Waals surface area contributed by atoms with Gasteiger partial charge in [0.2, 0.25) is 11.8 Å². The van der Waals surface area contributed by atoms with Gasteiger partial charge in [-0.15, -0.1) is 15.3 Å². The highest BCUT2D eigenvalue weighted by atomic mass is 32.2. The number of aromatic amines is 1. The third-order valence-corrected chi connectivity index (χ3v) is 3.76. The zero-order chi connectivity index (χ0) is 14.7. The van der Waals surface area contributed by atoms with E-state index in [0.717, 1.165) is 5.56 Å². The summed E-state index contributed by atoms with van der Waals surface area (Å²) in [4.78, 5) is 11.8. The van der Waals surface area contributed by atoms with Gasteiger partial charge in [-0.05, 0) is 5.56 Å². The second-order valence-corrected chi connectivity index (χ2v) is 5.33. The van der Waals surface area contributed by atoms with Crippen molar-refractivity contribution in [3.8, 4) is 0 Å². The fraction of sp³-hybridized carbons (Fsp3) is 0.231. The third-order valence-electron chi connectivity index (χ3n) is 2.80. The molecule has 1 aromatic carbocycles. The summed E-state index contributed by atoms with van der Waals surface area (Å²) in [5.74, 6) is 1.51. The maximum atomic E-state index is 11.8. The lowest BCUT2D eigenvalue weighted by molar-refractivity contribution is 0.485. The molecule has 2 aromatic heterocycles. The number of aromatic nitrogens is 5. The first kappa shape index (κ1) is 13.6. The van der Waals surface area contributed by atoms with Crippen LogP contribution >= 0.6 is 11.8 Å². The van der Waals surface area contributed by atoms with E-state index in [1.54, 1.807) is 11.5 Å². The fourth-order valence-electron chi connectivity index (χ4n) is 1.84. The molecule has 0 amide bonds. The Morgan fingerprint density at radius 2 is 2.10 bits per heavy atom.